The summed E-state index contributed by atoms with van der Waals surface area (Å²) in [5, 5.41) is 6.59. The second-order valence-corrected chi connectivity index (χ2v) is 3.65. The van der Waals surface area contributed by atoms with Crippen molar-refractivity contribution in [3.63, 3.8) is 0 Å². The summed E-state index contributed by atoms with van der Waals surface area (Å²) < 4.78 is 0. The molecular formula is C12H21N3. The number of pyridine rings is 1. The van der Waals surface area contributed by atoms with E-state index in [0.29, 0.717) is 0 Å². The first-order valence-corrected chi connectivity index (χ1v) is 5.69. The number of hydrogen-bond acceptors (Lipinski definition) is 3. The van der Waals surface area contributed by atoms with Crippen LogP contribution in [0.3, 0.4) is 0 Å². The molecule has 0 aliphatic heterocycles. The van der Waals surface area contributed by atoms with Gasteiger partial charge in [-0.05, 0) is 38.4 Å². The molecule has 0 bridgehead atoms. The van der Waals surface area contributed by atoms with Crippen LogP contribution in [0.1, 0.15) is 31.5 Å². The SMILES string of the molecule is CCCNCc1ccc(NCC)nc1C. The molecule has 0 unspecified atom stereocenters. The third kappa shape index (κ3) is 3.88. The molecule has 0 saturated carbocycles. The van der Waals surface area contributed by atoms with E-state index in [4.69, 9.17) is 0 Å². The second kappa shape index (κ2) is 6.40. The Balaban J connectivity index is 2.58. The van der Waals surface area contributed by atoms with E-state index in [9.17, 15) is 0 Å². The molecule has 0 spiro atoms. The quantitative estimate of drug-likeness (QED) is 0.703. The molecule has 0 fully saturated rings. The molecule has 3 heteroatoms. The predicted octanol–water partition coefficient (Wildman–Crippen LogP) is 2.32. The first kappa shape index (κ1) is 12.0. The Hall–Kier alpha value is -1.09. The van der Waals surface area contributed by atoms with Gasteiger partial charge in [0.2, 0.25) is 0 Å². The lowest BCUT2D eigenvalue weighted by molar-refractivity contribution is 0.671. The van der Waals surface area contributed by atoms with E-state index in [0.717, 1.165) is 31.1 Å². The Morgan fingerprint density at radius 3 is 2.67 bits per heavy atom. The largest absolute Gasteiger partial charge is 0.370 e. The Morgan fingerprint density at radius 2 is 2.07 bits per heavy atom. The van der Waals surface area contributed by atoms with Gasteiger partial charge in [0.15, 0.2) is 0 Å². The normalized spacial score (nSPS) is 10.3. The van der Waals surface area contributed by atoms with Crippen LogP contribution < -0.4 is 10.6 Å². The molecule has 1 rings (SSSR count). The van der Waals surface area contributed by atoms with E-state index in [1.54, 1.807) is 0 Å². The molecule has 1 heterocycles. The number of aryl methyl sites for hydroxylation is 1. The van der Waals surface area contributed by atoms with Crippen molar-refractivity contribution in [3.05, 3.63) is 23.4 Å². The summed E-state index contributed by atoms with van der Waals surface area (Å²) in [5.41, 5.74) is 2.39. The van der Waals surface area contributed by atoms with Crippen LogP contribution in [0.25, 0.3) is 0 Å². The molecule has 0 aromatic carbocycles. The van der Waals surface area contributed by atoms with Gasteiger partial charge in [-0.2, -0.15) is 0 Å². The van der Waals surface area contributed by atoms with Gasteiger partial charge in [-0.25, -0.2) is 4.98 Å². The standard InChI is InChI=1S/C12H21N3/c1-4-8-13-9-11-6-7-12(14-5-2)15-10(11)3/h6-7,13H,4-5,8-9H2,1-3H3,(H,14,15). The van der Waals surface area contributed by atoms with Crippen LogP contribution in [0.4, 0.5) is 5.82 Å². The van der Waals surface area contributed by atoms with Crippen molar-refractivity contribution in [1.29, 1.82) is 0 Å². The Bertz CT molecular complexity index is 297. The molecule has 0 aliphatic carbocycles. The van der Waals surface area contributed by atoms with Crippen molar-refractivity contribution < 1.29 is 0 Å². The van der Waals surface area contributed by atoms with Gasteiger partial charge in [0, 0.05) is 18.8 Å². The topological polar surface area (TPSA) is 37.0 Å². The zero-order valence-corrected chi connectivity index (χ0v) is 9.93. The number of aromatic nitrogens is 1. The minimum Gasteiger partial charge on any atom is -0.370 e. The number of rotatable bonds is 6. The van der Waals surface area contributed by atoms with Gasteiger partial charge in [0.05, 0.1) is 0 Å². The number of hydrogen-bond donors (Lipinski definition) is 2. The highest BCUT2D eigenvalue weighted by Gasteiger charge is 2.00. The van der Waals surface area contributed by atoms with Gasteiger partial charge in [-0.1, -0.05) is 13.0 Å². The van der Waals surface area contributed by atoms with E-state index in [1.807, 2.05) is 6.07 Å². The third-order valence-corrected chi connectivity index (χ3v) is 2.30. The fourth-order valence-corrected chi connectivity index (χ4v) is 1.46. The Morgan fingerprint density at radius 1 is 1.27 bits per heavy atom. The van der Waals surface area contributed by atoms with E-state index < -0.39 is 0 Å². The zero-order chi connectivity index (χ0) is 11.1. The molecule has 0 amide bonds. The van der Waals surface area contributed by atoms with Gasteiger partial charge in [-0.15, -0.1) is 0 Å². The number of anilines is 1. The predicted molar refractivity (Wildman–Crippen MR) is 65.1 cm³/mol. The molecule has 2 N–H and O–H groups in total. The van der Waals surface area contributed by atoms with Gasteiger partial charge < -0.3 is 10.6 Å². The average molecular weight is 207 g/mol. The monoisotopic (exact) mass is 207 g/mol. The summed E-state index contributed by atoms with van der Waals surface area (Å²) >= 11 is 0. The summed E-state index contributed by atoms with van der Waals surface area (Å²) in [5.74, 6) is 0.967. The highest BCUT2D eigenvalue weighted by Crippen LogP contribution is 2.09. The van der Waals surface area contributed by atoms with E-state index in [1.165, 1.54) is 12.0 Å². The maximum atomic E-state index is 4.49. The van der Waals surface area contributed by atoms with Crippen molar-refractivity contribution in [3.8, 4) is 0 Å². The van der Waals surface area contributed by atoms with Crippen molar-refractivity contribution in [2.45, 2.75) is 33.7 Å². The van der Waals surface area contributed by atoms with Crippen molar-refractivity contribution in [2.75, 3.05) is 18.4 Å². The molecule has 15 heavy (non-hydrogen) atoms. The molecule has 0 aliphatic rings. The molecule has 1 aromatic heterocycles. The average Bonchev–Trinajstić information content (AvgIpc) is 2.22. The molecule has 0 radical (unpaired) electrons. The van der Waals surface area contributed by atoms with Gasteiger partial charge in [-0.3, -0.25) is 0 Å². The van der Waals surface area contributed by atoms with Crippen LogP contribution in [-0.2, 0) is 6.54 Å². The van der Waals surface area contributed by atoms with Crippen molar-refractivity contribution >= 4 is 5.82 Å². The highest BCUT2D eigenvalue weighted by molar-refractivity contribution is 5.38. The van der Waals surface area contributed by atoms with Gasteiger partial charge >= 0.3 is 0 Å². The molecule has 3 nitrogen and oxygen atoms in total. The summed E-state index contributed by atoms with van der Waals surface area (Å²) in [6, 6.07) is 4.18. The van der Waals surface area contributed by atoms with Crippen LogP contribution in [-0.4, -0.2) is 18.1 Å². The number of nitrogens with zero attached hydrogens (tertiary/aromatic N) is 1. The minimum absolute atomic E-state index is 0.916. The maximum absolute atomic E-state index is 4.49. The maximum Gasteiger partial charge on any atom is 0.126 e. The summed E-state index contributed by atoms with van der Waals surface area (Å²) in [6.07, 6.45) is 1.17. The second-order valence-electron chi connectivity index (χ2n) is 3.65. The summed E-state index contributed by atoms with van der Waals surface area (Å²) in [7, 11) is 0. The van der Waals surface area contributed by atoms with Crippen LogP contribution in [0, 0.1) is 6.92 Å². The number of nitrogens with one attached hydrogen (secondary N) is 2. The van der Waals surface area contributed by atoms with Crippen LogP contribution >= 0.6 is 0 Å². The smallest absolute Gasteiger partial charge is 0.126 e. The lowest BCUT2D eigenvalue weighted by Gasteiger charge is -2.09. The molecule has 0 atom stereocenters. The summed E-state index contributed by atoms with van der Waals surface area (Å²) in [6.45, 7) is 9.21. The minimum atomic E-state index is 0.916. The molecule has 0 saturated heterocycles. The lowest BCUT2D eigenvalue weighted by Crippen LogP contribution is -2.15. The Kier molecular flexibility index (Phi) is 5.12. The fraction of sp³-hybridized carbons (Fsp3) is 0.583. The first-order chi connectivity index (χ1) is 7.27. The van der Waals surface area contributed by atoms with E-state index in [-0.39, 0.29) is 0 Å². The van der Waals surface area contributed by atoms with Crippen molar-refractivity contribution in [1.82, 2.24) is 10.3 Å². The van der Waals surface area contributed by atoms with Crippen molar-refractivity contribution in [2.24, 2.45) is 0 Å². The van der Waals surface area contributed by atoms with E-state index >= 15 is 0 Å². The summed E-state index contributed by atoms with van der Waals surface area (Å²) in [4.78, 5) is 4.49. The highest BCUT2D eigenvalue weighted by atomic mass is 15.0. The molecule has 84 valence electrons. The van der Waals surface area contributed by atoms with E-state index in [2.05, 4.69) is 42.5 Å². The third-order valence-electron chi connectivity index (χ3n) is 2.30. The zero-order valence-electron chi connectivity index (χ0n) is 9.93. The van der Waals surface area contributed by atoms with Crippen LogP contribution in [0.15, 0.2) is 12.1 Å². The van der Waals surface area contributed by atoms with Gasteiger partial charge in [0.1, 0.15) is 5.82 Å². The fourth-order valence-electron chi connectivity index (χ4n) is 1.46. The van der Waals surface area contributed by atoms with Crippen LogP contribution in [0.5, 0.6) is 0 Å². The van der Waals surface area contributed by atoms with Gasteiger partial charge in [0.25, 0.3) is 0 Å². The Labute approximate surface area is 92.3 Å². The van der Waals surface area contributed by atoms with Crippen LogP contribution in [0.2, 0.25) is 0 Å². The first-order valence-electron chi connectivity index (χ1n) is 5.69. The molecule has 1 aromatic rings. The lowest BCUT2D eigenvalue weighted by atomic mass is 10.2. The molecular weight excluding hydrogens is 186 g/mol.